The van der Waals surface area contributed by atoms with E-state index in [1.54, 1.807) is 12.1 Å². The third-order valence-electron chi connectivity index (χ3n) is 3.10. The second kappa shape index (κ2) is 8.56. The minimum Gasteiger partial charge on any atom is -0.484 e. The van der Waals surface area contributed by atoms with Gasteiger partial charge in [-0.15, -0.1) is 0 Å². The predicted molar refractivity (Wildman–Crippen MR) is 82.3 cm³/mol. The number of nitrogens with one attached hydrogen (secondary N) is 2. The second-order valence-corrected chi connectivity index (χ2v) is 5.69. The molecule has 8 heteroatoms. The quantitative estimate of drug-likeness (QED) is 0.797. The molecule has 0 spiro atoms. The van der Waals surface area contributed by atoms with Crippen molar-refractivity contribution in [2.75, 3.05) is 6.61 Å². The monoisotopic (exact) mass is 346 g/mol. The number of benzene rings is 1. The summed E-state index contributed by atoms with van der Waals surface area (Å²) in [5.41, 5.74) is 0.702. The predicted octanol–water partition coefficient (Wildman–Crippen LogP) is 2.40. The van der Waals surface area contributed by atoms with Gasteiger partial charge in [0.2, 0.25) is 11.8 Å². The highest BCUT2D eigenvalue weighted by atomic mass is 19.4. The van der Waals surface area contributed by atoms with Crippen LogP contribution in [0, 0.1) is 5.92 Å². The number of hydrogen-bond donors (Lipinski definition) is 2. The first-order chi connectivity index (χ1) is 11.1. The summed E-state index contributed by atoms with van der Waals surface area (Å²) in [7, 11) is 0. The minimum absolute atomic E-state index is 0.0768. The van der Waals surface area contributed by atoms with Gasteiger partial charge < -0.3 is 15.4 Å². The number of alkyl halides is 3. The van der Waals surface area contributed by atoms with Gasteiger partial charge in [0.15, 0.2) is 6.61 Å². The zero-order valence-corrected chi connectivity index (χ0v) is 13.7. The summed E-state index contributed by atoms with van der Waals surface area (Å²) >= 11 is 0. The van der Waals surface area contributed by atoms with E-state index < -0.39 is 18.8 Å². The Hall–Kier alpha value is -2.25. The Morgan fingerprint density at radius 2 is 1.75 bits per heavy atom. The summed E-state index contributed by atoms with van der Waals surface area (Å²) in [4.78, 5) is 23.2. The highest BCUT2D eigenvalue weighted by Gasteiger charge is 2.28. The molecule has 1 atom stereocenters. The molecule has 24 heavy (non-hydrogen) atoms. The first-order valence-electron chi connectivity index (χ1n) is 7.42. The highest BCUT2D eigenvalue weighted by Crippen LogP contribution is 2.18. The van der Waals surface area contributed by atoms with Crippen LogP contribution in [0.5, 0.6) is 5.75 Å². The van der Waals surface area contributed by atoms with Gasteiger partial charge in [-0.1, -0.05) is 26.0 Å². The zero-order valence-electron chi connectivity index (χ0n) is 13.7. The Morgan fingerprint density at radius 1 is 1.17 bits per heavy atom. The lowest BCUT2D eigenvalue weighted by Gasteiger charge is -2.21. The molecule has 0 aliphatic rings. The number of carbonyl (C=O) groups is 2. The fourth-order valence-corrected chi connectivity index (χ4v) is 1.92. The molecule has 2 N–H and O–H groups in total. The van der Waals surface area contributed by atoms with Gasteiger partial charge in [0.1, 0.15) is 11.8 Å². The van der Waals surface area contributed by atoms with E-state index in [0.29, 0.717) is 5.56 Å². The van der Waals surface area contributed by atoms with E-state index in [9.17, 15) is 22.8 Å². The summed E-state index contributed by atoms with van der Waals surface area (Å²) in [6, 6.07) is 5.29. The van der Waals surface area contributed by atoms with Crippen LogP contribution < -0.4 is 15.4 Å². The molecule has 2 amide bonds. The number of amides is 2. The van der Waals surface area contributed by atoms with E-state index in [1.165, 1.54) is 19.1 Å². The van der Waals surface area contributed by atoms with Crippen LogP contribution in [0.4, 0.5) is 13.2 Å². The van der Waals surface area contributed by atoms with Crippen molar-refractivity contribution >= 4 is 11.8 Å². The first kappa shape index (κ1) is 19.8. The molecule has 134 valence electrons. The van der Waals surface area contributed by atoms with E-state index in [2.05, 4.69) is 15.4 Å². The van der Waals surface area contributed by atoms with Gasteiger partial charge in [0.25, 0.3) is 0 Å². The van der Waals surface area contributed by atoms with Crippen LogP contribution in [0.2, 0.25) is 0 Å². The maximum atomic E-state index is 12.1. The Kier molecular flexibility index (Phi) is 7.06. The topological polar surface area (TPSA) is 67.4 Å². The first-order valence-corrected chi connectivity index (χ1v) is 7.42. The fourth-order valence-electron chi connectivity index (χ4n) is 1.92. The summed E-state index contributed by atoms with van der Waals surface area (Å²) in [6.07, 6.45) is -4.39. The molecular weight excluding hydrogens is 325 g/mol. The maximum Gasteiger partial charge on any atom is 0.422 e. The van der Waals surface area contributed by atoms with Gasteiger partial charge in [0, 0.05) is 13.5 Å². The van der Waals surface area contributed by atoms with Crippen LogP contribution in [0.1, 0.15) is 26.3 Å². The van der Waals surface area contributed by atoms with Gasteiger partial charge in [0.05, 0.1) is 0 Å². The molecule has 5 nitrogen and oxygen atoms in total. The van der Waals surface area contributed by atoms with Crippen LogP contribution in [-0.2, 0) is 16.1 Å². The average Bonchev–Trinajstić information content (AvgIpc) is 2.48. The largest absolute Gasteiger partial charge is 0.484 e. The van der Waals surface area contributed by atoms with Crippen molar-refractivity contribution in [1.29, 1.82) is 0 Å². The van der Waals surface area contributed by atoms with Crippen LogP contribution in [0.3, 0.4) is 0 Å². The van der Waals surface area contributed by atoms with Crippen molar-refractivity contribution in [3.63, 3.8) is 0 Å². The van der Waals surface area contributed by atoms with E-state index >= 15 is 0 Å². The van der Waals surface area contributed by atoms with E-state index in [4.69, 9.17) is 0 Å². The Balaban J connectivity index is 2.54. The molecule has 0 bridgehead atoms. The van der Waals surface area contributed by atoms with Crippen LogP contribution in [0.25, 0.3) is 0 Å². The van der Waals surface area contributed by atoms with Crippen molar-refractivity contribution < 1.29 is 27.5 Å². The molecule has 0 aliphatic heterocycles. The number of ether oxygens (including phenoxy) is 1. The van der Waals surface area contributed by atoms with Gasteiger partial charge in [-0.3, -0.25) is 9.59 Å². The van der Waals surface area contributed by atoms with Gasteiger partial charge >= 0.3 is 6.18 Å². The molecule has 0 heterocycles. The molecule has 0 aliphatic carbocycles. The molecule has 0 saturated carbocycles. The third kappa shape index (κ3) is 7.34. The van der Waals surface area contributed by atoms with Crippen LogP contribution >= 0.6 is 0 Å². The molecule has 0 unspecified atom stereocenters. The van der Waals surface area contributed by atoms with Gasteiger partial charge in [-0.05, 0) is 23.6 Å². The number of hydrogen-bond acceptors (Lipinski definition) is 3. The lowest BCUT2D eigenvalue weighted by molar-refractivity contribution is -0.153. The summed E-state index contributed by atoms with van der Waals surface area (Å²) in [5, 5.41) is 5.26. The van der Waals surface area contributed by atoms with Crippen molar-refractivity contribution in [3.05, 3.63) is 29.8 Å². The normalized spacial score (nSPS) is 12.6. The molecule has 0 aromatic heterocycles. The molecule has 0 saturated heterocycles. The van der Waals surface area contributed by atoms with Gasteiger partial charge in [-0.25, -0.2) is 0 Å². The Bertz CT molecular complexity index is 557. The lowest BCUT2D eigenvalue weighted by Crippen LogP contribution is -2.48. The molecular formula is C16H21F3N2O3. The molecule has 1 aromatic rings. The fraction of sp³-hybridized carbons (Fsp3) is 0.500. The van der Waals surface area contributed by atoms with E-state index in [-0.39, 0.29) is 30.0 Å². The third-order valence-corrected chi connectivity index (χ3v) is 3.10. The minimum atomic E-state index is -4.39. The van der Waals surface area contributed by atoms with Crippen molar-refractivity contribution in [1.82, 2.24) is 10.6 Å². The smallest absolute Gasteiger partial charge is 0.422 e. The van der Waals surface area contributed by atoms with Gasteiger partial charge in [-0.2, -0.15) is 13.2 Å². The van der Waals surface area contributed by atoms with E-state index in [0.717, 1.165) is 0 Å². The summed E-state index contributed by atoms with van der Waals surface area (Å²) in [5.74, 6) is -0.597. The van der Waals surface area contributed by atoms with Crippen LogP contribution in [-0.4, -0.2) is 30.6 Å². The van der Waals surface area contributed by atoms with Crippen molar-refractivity contribution in [2.24, 2.45) is 5.92 Å². The lowest BCUT2D eigenvalue weighted by atomic mass is 10.0. The Labute approximate surface area is 138 Å². The van der Waals surface area contributed by atoms with E-state index in [1.807, 2.05) is 13.8 Å². The summed E-state index contributed by atoms with van der Waals surface area (Å²) in [6.45, 7) is 3.80. The number of carbonyl (C=O) groups excluding carboxylic acids is 2. The highest BCUT2D eigenvalue weighted by molar-refractivity contribution is 5.87. The molecule has 0 fully saturated rings. The van der Waals surface area contributed by atoms with Crippen LogP contribution in [0.15, 0.2) is 24.3 Å². The van der Waals surface area contributed by atoms with Crippen molar-refractivity contribution in [3.8, 4) is 5.75 Å². The van der Waals surface area contributed by atoms with Crippen molar-refractivity contribution in [2.45, 2.75) is 39.5 Å². The maximum absolute atomic E-state index is 12.1. The standard InChI is InChI=1S/C16H21F3N2O3/c1-10(2)14(21-11(3)22)15(23)20-8-12-4-6-13(7-5-12)24-9-16(17,18)19/h4-7,10,14H,8-9H2,1-3H3,(H,20,23)(H,21,22)/t14-/m0/s1. The zero-order chi connectivity index (χ0) is 18.3. The SMILES string of the molecule is CC(=O)N[C@H](C(=O)NCc1ccc(OCC(F)(F)F)cc1)C(C)C. The molecule has 1 aromatic carbocycles. The Morgan fingerprint density at radius 3 is 2.21 bits per heavy atom. The summed E-state index contributed by atoms with van der Waals surface area (Å²) < 4.78 is 40.8. The average molecular weight is 346 g/mol. The molecule has 0 radical (unpaired) electrons. The number of halogens is 3. The number of rotatable bonds is 7. The second-order valence-electron chi connectivity index (χ2n) is 5.69. The molecule has 1 rings (SSSR count).